The monoisotopic (exact) mass is 299 g/mol. The molecule has 0 atom stereocenters. The summed E-state index contributed by atoms with van der Waals surface area (Å²) in [4.78, 5) is 14.0. The van der Waals surface area contributed by atoms with Crippen molar-refractivity contribution in [2.75, 3.05) is 6.61 Å². The van der Waals surface area contributed by atoms with E-state index in [4.69, 9.17) is 5.11 Å². The lowest BCUT2D eigenvalue weighted by Crippen LogP contribution is -2.22. The first-order chi connectivity index (χ1) is 10.2. The zero-order valence-electron chi connectivity index (χ0n) is 11.8. The van der Waals surface area contributed by atoms with Crippen LogP contribution >= 0.6 is 11.3 Å². The van der Waals surface area contributed by atoms with Gasteiger partial charge in [0.1, 0.15) is 0 Å². The third-order valence-electron chi connectivity index (χ3n) is 2.81. The maximum Gasteiger partial charge on any atom is 0.251 e. The van der Waals surface area contributed by atoms with Crippen LogP contribution in [0.15, 0.2) is 36.4 Å². The van der Waals surface area contributed by atoms with Gasteiger partial charge in [-0.25, -0.2) is 0 Å². The van der Waals surface area contributed by atoms with E-state index in [1.54, 1.807) is 11.3 Å². The number of benzene rings is 1. The molecule has 0 spiro atoms. The number of rotatable bonds is 4. The van der Waals surface area contributed by atoms with E-state index in [0.717, 1.165) is 15.3 Å². The molecule has 1 heterocycles. The highest BCUT2D eigenvalue weighted by Crippen LogP contribution is 2.15. The number of hydrogen-bond donors (Lipinski definition) is 2. The third-order valence-corrected chi connectivity index (χ3v) is 3.81. The van der Waals surface area contributed by atoms with Gasteiger partial charge in [0.25, 0.3) is 5.91 Å². The van der Waals surface area contributed by atoms with E-state index in [1.165, 1.54) is 0 Å². The number of aliphatic hydroxyl groups excluding tert-OH is 1. The average molecular weight is 299 g/mol. The fourth-order valence-corrected chi connectivity index (χ4v) is 2.62. The van der Waals surface area contributed by atoms with Crippen molar-refractivity contribution in [2.45, 2.75) is 19.9 Å². The smallest absolute Gasteiger partial charge is 0.251 e. The Morgan fingerprint density at radius 2 is 2.19 bits per heavy atom. The second-order valence-electron chi connectivity index (χ2n) is 4.59. The number of hydrogen-bond acceptors (Lipinski definition) is 3. The lowest BCUT2D eigenvalue weighted by Gasteiger charge is -2.04. The predicted molar refractivity (Wildman–Crippen MR) is 85.2 cm³/mol. The summed E-state index contributed by atoms with van der Waals surface area (Å²) in [6.45, 7) is 2.55. The Labute approximate surface area is 128 Å². The number of amides is 1. The third kappa shape index (κ3) is 4.75. The zero-order valence-corrected chi connectivity index (χ0v) is 12.7. The first-order valence-corrected chi connectivity index (χ1v) is 7.54. The molecular formula is C17H17NO2S. The van der Waals surface area contributed by atoms with E-state index in [9.17, 15) is 4.79 Å². The highest BCUT2D eigenvalue weighted by Gasteiger charge is 2.06. The van der Waals surface area contributed by atoms with Crippen molar-refractivity contribution in [3.63, 3.8) is 0 Å². The minimum absolute atomic E-state index is 0.0694. The highest BCUT2D eigenvalue weighted by atomic mass is 32.1. The molecule has 0 unspecified atom stereocenters. The molecule has 2 aromatic rings. The van der Waals surface area contributed by atoms with Crippen molar-refractivity contribution < 1.29 is 9.90 Å². The van der Waals surface area contributed by atoms with Crippen molar-refractivity contribution in [1.82, 2.24) is 5.32 Å². The van der Waals surface area contributed by atoms with Crippen LogP contribution in [0.4, 0.5) is 0 Å². The fraction of sp³-hybridized carbons (Fsp3) is 0.235. The van der Waals surface area contributed by atoms with Gasteiger partial charge >= 0.3 is 0 Å². The summed E-state index contributed by atoms with van der Waals surface area (Å²) in [5.41, 5.74) is 1.75. The molecule has 2 N–H and O–H groups in total. The van der Waals surface area contributed by atoms with Gasteiger partial charge in [-0.2, -0.15) is 0 Å². The predicted octanol–water partition coefficient (Wildman–Crippen LogP) is 2.72. The number of carbonyl (C=O) groups is 1. The molecule has 0 bridgehead atoms. The van der Waals surface area contributed by atoms with Crippen LogP contribution in [0.3, 0.4) is 0 Å². The molecule has 21 heavy (non-hydrogen) atoms. The van der Waals surface area contributed by atoms with Crippen molar-refractivity contribution in [3.05, 3.63) is 57.3 Å². The summed E-state index contributed by atoms with van der Waals surface area (Å²) in [5.74, 6) is 5.80. The number of carbonyl (C=O) groups excluding carboxylic acids is 1. The summed E-state index contributed by atoms with van der Waals surface area (Å²) < 4.78 is 0. The Hall–Kier alpha value is -2.09. The Kier molecular flexibility index (Phi) is 5.56. The van der Waals surface area contributed by atoms with Crippen LogP contribution in [0.5, 0.6) is 0 Å². The normalized spacial score (nSPS) is 9.81. The maximum absolute atomic E-state index is 12.0. The SMILES string of the molecule is Cc1cccc(C(=O)NCc2ccc(C#CCCO)s2)c1. The number of thiophene rings is 1. The molecular weight excluding hydrogens is 282 g/mol. The minimum Gasteiger partial charge on any atom is -0.395 e. The Balaban J connectivity index is 1.91. The Morgan fingerprint density at radius 3 is 2.95 bits per heavy atom. The molecule has 0 saturated carbocycles. The first kappa shape index (κ1) is 15.3. The fourth-order valence-electron chi connectivity index (χ4n) is 1.80. The van der Waals surface area contributed by atoms with Gasteiger partial charge in [-0.3, -0.25) is 4.79 Å². The topological polar surface area (TPSA) is 49.3 Å². The van der Waals surface area contributed by atoms with E-state index in [1.807, 2.05) is 43.3 Å². The van der Waals surface area contributed by atoms with Gasteiger partial charge in [-0.05, 0) is 31.2 Å². The second-order valence-corrected chi connectivity index (χ2v) is 5.76. The molecule has 2 rings (SSSR count). The van der Waals surface area contributed by atoms with Crippen LogP contribution in [0.1, 0.15) is 32.1 Å². The van der Waals surface area contributed by atoms with Gasteiger partial charge in [-0.1, -0.05) is 29.5 Å². The van der Waals surface area contributed by atoms with Gasteiger partial charge in [-0.15, -0.1) is 11.3 Å². The van der Waals surface area contributed by atoms with E-state index in [2.05, 4.69) is 17.2 Å². The Bertz CT molecular complexity index is 679. The average Bonchev–Trinajstić information content (AvgIpc) is 2.93. The summed E-state index contributed by atoms with van der Waals surface area (Å²) in [6, 6.07) is 11.4. The van der Waals surface area contributed by atoms with Crippen molar-refractivity contribution in [3.8, 4) is 11.8 Å². The van der Waals surface area contributed by atoms with Crippen molar-refractivity contribution in [1.29, 1.82) is 0 Å². The minimum atomic E-state index is -0.0694. The second kappa shape index (κ2) is 7.63. The molecule has 1 aromatic heterocycles. The van der Waals surface area contributed by atoms with Gasteiger partial charge < -0.3 is 10.4 Å². The standard InChI is InChI=1S/C17H17NO2S/c1-13-5-4-6-14(11-13)17(20)18-12-16-9-8-15(21-16)7-2-3-10-19/h4-6,8-9,11,19H,3,10,12H2,1H3,(H,18,20). The Morgan fingerprint density at radius 1 is 1.33 bits per heavy atom. The molecule has 4 heteroatoms. The van der Waals surface area contributed by atoms with Gasteiger partial charge in [0.15, 0.2) is 0 Å². The molecule has 0 aliphatic rings. The van der Waals surface area contributed by atoms with Crippen LogP contribution in [-0.4, -0.2) is 17.6 Å². The molecule has 0 aliphatic carbocycles. The number of aliphatic hydroxyl groups is 1. The van der Waals surface area contributed by atoms with Gasteiger partial charge in [0.05, 0.1) is 18.0 Å². The summed E-state index contributed by atoms with van der Waals surface area (Å²) >= 11 is 1.55. The summed E-state index contributed by atoms with van der Waals surface area (Å²) in [5, 5.41) is 11.6. The molecule has 3 nitrogen and oxygen atoms in total. The van der Waals surface area contributed by atoms with Crippen LogP contribution < -0.4 is 5.32 Å². The van der Waals surface area contributed by atoms with Crippen molar-refractivity contribution in [2.24, 2.45) is 0 Å². The van der Waals surface area contributed by atoms with E-state index < -0.39 is 0 Å². The lowest BCUT2D eigenvalue weighted by molar-refractivity contribution is 0.0951. The molecule has 1 amide bonds. The van der Waals surface area contributed by atoms with E-state index >= 15 is 0 Å². The largest absolute Gasteiger partial charge is 0.395 e. The van der Waals surface area contributed by atoms with E-state index in [0.29, 0.717) is 18.5 Å². The quantitative estimate of drug-likeness (QED) is 0.853. The molecule has 108 valence electrons. The van der Waals surface area contributed by atoms with Gasteiger partial charge in [0.2, 0.25) is 0 Å². The molecule has 0 fully saturated rings. The lowest BCUT2D eigenvalue weighted by atomic mass is 10.1. The van der Waals surface area contributed by atoms with Crippen LogP contribution in [0.2, 0.25) is 0 Å². The maximum atomic E-state index is 12.0. The van der Waals surface area contributed by atoms with Crippen LogP contribution in [0, 0.1) is 18.8 Å². The summed E-state index contributed by atoms with van der Waals surface area (Å²) in [7, 11) is 0. The molecule has 1 aromatic carbocycles. The first-order valence-electron chi connectivity index (χ1n) is 6.72. The summed E-state index contributed by atoms with van der Waals surface area (Å²) in [6.07, 6.45) is 0.483. The number of nitrogens with one attached hydrogen (secondary N) is 1. The molecule has 0 radical (unpaired) electrons. The van der Waals surface area contributed by atoms with Crippen LogP contribution in [0.25, 0.3) is 0 Å². The zero-order chi connectivity index (χ0) is 15.1. The van der Waals surface area contributed by atoms with Crippen molar-refractivity contribution >= 4 is 17.2 Å². The molecule has 0 saturated heterocycles. The van der Waals surface area contributed by atoms with E-state index in [-0.39, 0.29) is 12.5 Å². The van der Waals surface area contributed by atoms with Gasteiger partial charge in [0, 0.05) is 16.9 Å². The molecule has 0 aliphatic heterocycles. The highest BCUT2D eigenvalue weighted by molar-refractivity contribution is 7.12. The van der Waals surface area contributed by atoms with Crippen LogP contribution in [-0.2, 0) is 6.54 Å². The number of aryl methyl sites for hydroxylation is 1.